The first-order valence-electron chi connectivity index (χ1n) is 9.17. The van der Waals surface area contributed by atoms with Crippen LogP contribution in [0.1, 0.15) is 65.2 Å². The van der Waals surface area contributed by atoms with E-state index in [1.165, 1.54) is 19.3 Å². The molecule has 0 aliphatic heterocycles. The molecule has 0 saturated heterocycles. The molecule has 23 heavy (non-hydrogen) atoms. The van der Waals surface area contributed by atoms with Gasteiger partial charge in [0.1, 0.15) is 0 Å². The van der Waals surface area contributed by atoms with Crippen LogP contribution in [-0.2, 0) is 14.3 Å². The quantitative estimate of drug-likeness (QED) is 0.452. The predicted octanol–water partition coefficient (Wildman–Crippen LogP) is 3.95. The number of unbranched alkanes of at least 4 members (excludes halogenated alkanes) is 1. The summed E-state index contributed by atoms with van der Waals surface area (Å²) >= 11 is 0. The highest BCUT2D eigenvalue weighted by atomic mass is 16.5. The van der Waals surface area contributed by atoms with Gasteiger partial charge >= 0.3 is 5.97 Å². The van der Waals surface area contributed by atoms with Gasteiger partial charge in [0.25, 0.3) is 0 Å². The molecule has 0 unspecified atom stereocenters. The van der Waals surface area contributed by atoms with Crippen LogP contribution in [0.5, 0.6) is 0 Å². The van der Waals surface area contributed by atoms with Crippen molar-refractivity contribution in [3.8, 4) is 0 Å². The van der Waals surface area contributed by atoms with Crippen molar-refractivity contribution in [2.24, 2.45) is 11.8 Å². The summed E-state index contributed by atoms with van der Waals surface area (Å²) in [4.78, 5) is 26.0. The molecule has 1 fully saturated rings. The zero-order valence-corrected chi connectivity index (χ0v) is 14.9. The molecule has 4 heteroatoms. The minimum Gasteiger partial charge on any atom is -0.466 e. The average Bonchev–Trinajstić information content (AvgIpc) is 2.57. The fraction of sp³-hybridized carbons (Fsp3) is 0.789. The van der Waals surface area contributed by atoms with E-state index < -0.39 is 0 Å². The van der Waals surface area contributed by atoms with Crippen molar-refractivity contribution in [2.45, 2.75) is 65.2 Å². The number of amides is 1. The number of hydrogen-bond acceptors (Lipinski definition) is 3. The van der Waals surface area contributed by atoms with E-state index in [0.717, 1.165) is 31.6 Å². The lowest BCUT2D eigenvalue weighted by Crippen LogP contribution is -2.39. The minimum absolute atomic E-state index is 0.120. The first kappa shape index (κ1) is 19.7. The maximum atomic E-state index is 12.7. The molecule has 4 nitrogen and oxygen atoms in total. The SMILES string of the molecule is C=CCN(CCC(=O)OCC)C(=O)C1CCC(CCCC)CC1. The molecule has 0 heterocycles. The van der Waals surface area contributed by atoms with Crippen LogP contribution >= 0.6 is 0 Å². The van der Waals surface area contributed by atoms with Gasteiger partial charge in [-0.1, -0.05) is 32.3 Å². The van der Waals surface area contributed by atoms with Crippen LogP contribution < -0.4 is 0 Å². The summed E-state index contributed by atoms with van der Waals surface area (Å²) in [6.45, 7) is 9.07. The Kier molecular flexibility index (Phi) is 9.65. The van der Waals surface area contributed by atoms with Crippen LogP contribution in [0, 0.1) is 11.8 Å². The molecule has 1 aliphatic rings. The molecule has 1 saturated carbocycles. The number of esters is 1. The summed E-state index contributed by atoms with van der Waals surface area (Å²) in [6, 6.07) is 0. The third-order valence-corrected chi connectivity index (χ3v) is 4.71. The number of nitrogens with zero attached hydrogens (tertiary/aromatic N) is 1. The second kappa shape index (κ2) is 11.3. The van der Waals surface area contributed by atoms with Gasteiger partial charge in [-0.3, -0.25) is 9.59 Å². The molecule has 0 aromatic carbocycles. The molecular weight excluding hydrogens is 290 g/mol. The molecule has 1 rings (SSSR count). The monoisotopic (exact) mass is 323 g/mol. The molecule has 0 aromatic heterocycles. The van der Waals surface area contributed by atoms with Crippen LogP contribution in [0.25, 0.3) is 0 Å². The van der Waals surface area contributed by atoms with E-state index >= 15 is 0 Å². The van der Waals surface area contributed by atoms with Gasteiger partial charge in [-0.05, 0) is 38.5 Å². The average molecular weight is 323 g/mol. The van der Waals surface area contributed by atoms with Gasteiger partial charge < -0.3 is 9.64 Å². The summed E-state index contributed by atoms with van der Waals surface area (Å²) in [6.07, 6.45) is 10.1. The number of ether oxygens (including phenoxy) is 1. The smallest absolute Gasteiger partial charge is 0.307 e. The zero-order valence-electron chi connectivity index (χ0n) is 14.9. The van der Waals surface area contributed by atoms with Crippen molar-refractivity contribution in [1.82, 2.24) is 4.90 Å². The Morgan fingerprint density at radius 3 is 2.48 bits per heavy atom. The van der Waals surface area contributed by atoms with E-state index in [2.05, 4.69) is 13.5 Å². The van der Waals surface area contributed by atoms with Gasteiger partial charge in [-0.25, -0.2) is 0 Å². The minimum atomic E-state index is -0.238. The number of carbonyl (C=O) groups is 2. The molecule has 0 spiro atoms. The summed E-state index contributed by atoms with van der Waals surface area (Å²) in [7, 11) is 0. The lowest BCUT2D eigenvalue weighted by molar-refractivity contribution is -0.144. The second-order valence-electron chi connectivity index (χ2n) is 6.49. The molecule has 1 amide bonds. The maximum Gasteiger partial charge on any atom is 0.307 e. The molecule has 132 valence electrons. The third-order valence-electron chi connectivity index (χ3n) is 4.71. The van der Waals surface area contributed by atoms with Crippen LogP contribution in [0.4, 0.5) is 0 Å². The van der Waals surface area contributed by atoms with E-state index in [1.807, 2.05) is 0 Å². The van der Waals surface area contributed by atoms with Crippen molar-refractivity contribution >= 4 is 11.9 Å². The van der Waals surface area contributed by atoms with E-state index in [-0.39, 0.29) is 24.2 Å². The van der Waals surface area contributed by atoms with Crippen molar-refractivity contribution < 1.29 is 14.3 Å². The Morgan fingerprint density at radius 2 is 1.91 bits per heavy atom. The molecule has 0 radical (unpaired) electrons. The van der Waals surface area contributed by atoms with Gasteiger partial charge in [0.2, 0.25) is 5.91 Å². The normalized spacial score (nSPS) is 20.8. The van der Waals surface area contributed by atoms with Gasteiger partial charge in [0.05, 0.1) is 13.0 Å². The summed E-state index contributed by atoms with van der Waals surface area (Å²) in [5.74, 6) is 0.863. The fourth-order valence-electron chi connectivity index (χ4n) is 3.36. The van der Waals surface area contributed by atoms with Gasteiger partial charge in [0.15, 0.2) is 0 Å². The Morgan fingerprint density at radius 1 is 1.22 bits per heavy atom. The van der Waals surface area contributed by atoms with E-state index in [4.69, 9.17) is 4.74 Å². The lowest BCUT2D eigenvalue weighted by Gasteiger charge is -2.31. The van der Waals surface area contributed by atoms with Crippen LogP contribution in [-0.4, -0.2) is 36.5 Å². The molecule has 0 atom stereocenters. The summed E-state index contributed by atoms with van der Waals surface area (Å²) < 4.78 is 4.94. The topological polar surface area (TPSA) is 46.6 Å². The Balaban J connectivity index is 2.44. The standard InChI is InChI=1S/C19H33NO3/c1-4-7-8-16-9-11-17(12-10-16)19(22)20(14-5-2)15-13-18(21)23-6-3/h5,16-17H,2,4,6-15H2,1,3H3. The van der Waals surface area contributed by atoms with Crippen molar-refractivity contribution in [3.63, 3.8) is 0 Å². The highest BCUT2D eigenvalue weighted by molar-refractivity contribution is 5.80. The highest BCUT2D eigenvalue weighted by Crippen LogP contribution is 2.32. The molecular formula is C19H33NO3. The predicted molar refractivity (Wildman–Crippen MR) is 93.0 cm³/mol. The van der Waals surface area contributed by atoms with Crippen LogP contribution in [0.2, 0.25) is 0 Å². The van der Waals surface area contributed by atoms with E-state index in [9.17, 15) is 9.59 Å². The zero-order chi connectivity index (χ0) is 17.1. The van der Waals surface area contributed by atoms with E-state index in [1.54, 1.807) is 17.9 Å². The Bertz CT molecular complexity index is 373. The van der Waals surface area contributed by atoms with Crippen LogP contribution in [0.15, 0.2) is 12.7 Å². The molecule has 0 N–H and O–H groups in total. The highest BCUT2D eigenvalue weighted by Gasteiger charge is 2.29. The second-order valence-corrected chi connectivity index (χ2v) is 6.49. The van der Waals surface area contributed by atoms with Crippen molar-refractivity contribution in [1.29, 1.82) is 0 Å². The Labute approximate surface area is 141 Å². The first-order chi connectivity index (χ1) is 11.1. The van der Waals surface area contributed by atoms with Crippen LogP contribution in [0.3, 0.4) is 0 Å². The summed E-state index contributed by atoms with van der Waals surface area (Å²) in [5, 5.41) is 0. The number of rotatable bonds is 10. The van der Waals surface area contributed by atoms with Gasteiger partial charge in [0, 0.05) is 19.0 Å². The number of hydrogen-bond donors (Lipinski definition) is 0. The largest absolute Gasteiger partial charge is 0.466 e. The number of carbonyl (C=O) groups excluding carboxylic acids is 2. The molecule has 1 aliphatic carbocycles. The van der Waals surface area contributed by atoms with E-state index in [0.29, 0.717) is 19.7 Å². The third kappa shape index (κ3) is 7.19. The maximum absolute atomic E-state index is 12.7. The molecule has 0 aromatic rings. The van der Waals surface area contributed by atoms with Gasteiger partial charge in [-0.2, -0.15) is 0 Å². The molecule has 0 bridgehead atoms. The van der Waals surface area contributed by atoms with Crippen molar-refractivity contribution in [3.05, 3.63) is 12.7 Å². The first-order valence-corrected chi connectivity index (χ1v) is 9.17. The van der Waals surface area contributed by atoms with Crippen molar-refractivity contribution in [2.75, 3.05) is 19.7 Å². The van der Waals surface area contributed by atoms with Gasteiger partial charge in [-0.15, -0.1) is 6.58 Å². The lowest BCUT2D eigenvalue weighted by atomic mass is 9.79. The fourth-order valence-corrected chi connectivity index (χ4v) is 3.36. The Hall–Kier alpha value is -1.32. The summed E-state index contributed by atoms with van der Waals surface area (Å²) in [5.41, 5.74) is 0.